The largest absolute Gasteiger partial charge is 0.355 e. The molecule has 1 aromatic carbocycles. The summed E-state index contributed by atoms with van der Waals surface area (Å²) in [5, 5.41) is 2.75. The van der Waals surface area contributed by atoms with Crippen molar-refractivity contribution in [1.82, 2.24) is 15.1 Å². The van der Waals surface area contributed by atoms with Gasteiger partial charge in [-0.2, -0.15) is 0 Å². The Balaban J connectivity index is 1.74. The summed E-state index contributed by atoms with van der Waals surface area (Å²) in [4.78, 5) is 53.9. The first-order chi connectivity index (χ1) is 15.4. The zero-order valence-electron chi connectivity index (χ0n) is 18.6. The van der Waals surface area contributed by atoms with Gasteiger partial charge in [-0.15, -0.1) is 0 Å². The van der Waals surface area contributed by atoms with Gasteiger partial charge in [-0.1, -0.05) is 31.2 Å². The third kappa shape index (κ3) is 5.06. The van der Waals surface area contributed by atoms with Crippen LogP contribution in [0.3, 0.4) is 0 Å². The minimum atomic E-state index is -0.704. The summed E-state index contributed by atoms with van der Waals surface area (Å²) in [5.41, 5.74) is 0.688. The average molecular weight is 444 g/mol. The van der Waals surface area contributed by atoms with Crippen LogP contribution in [0.25, 0.3) is 0 Å². The van der Waals surface area contributed by atoms with Crippen LogP contribution in [0, 0.1) is 17.7 Å². The summed E-state index contributed by atoms with van der Waals surface area (Å²) in [6, 6.07) is 5.06. The number of amides is 4. The van der Waals surface area contributed by atoms with Crippen molar-refractivity contribution >= 4 is 23.6 Å². The lowest BCUT2D eigenvalue weighted by Gasteiger charge is -2.31. The molecule has 0 saturated carbocycles. The van der Waals surface area contributed by atoms with E-state index in [1.165, 1.54) is 21.9 Å². The maximum Gasteiger partial charge on any atom is 0.242 e. The minimum absolute atomic E-state index is 0.00471. The molecule has 0 bridgehead atoms. The second kappa shape index (κ2) is 10.5. The van der Waals surface area contributed by atoms with E-state index < -0.39 is 6.04 Å². The molecule has 1 saturated heterocycles. The number of benzene rings is 1. The molecule has 7 nitrogen and oxygen atoms in total. The molecule has 3 atom stereocenters. The predicted octanol–water partition coefficient (Wildman–Crippen LogP) is 2.41. The normalized spacial score (nSPS) is 20.8. The van der Waals surface area contributed by atoms with Crippen molar-refractivity contribution in [3.8, 4) is 0 Å². The molecule has 4 amide bonds. The number of nitrogens with zero attached hydrogens (tertiary/aromatic N) is 2. The van der Waals surface area contributed by atoms with E-state index >= 15 is 0 Å². The summed E-state index contributed by atoms with van der Waals surface area (Å²) < 4.78 is 13.3. The monoisotopic (exact) mass is 443 g/mol. The van der Waals surface area contributed by atoms with E-state index in [-0.39, 0.29) is 60.8 Å². The standard InChI is InChI=1S/C24H30FN3O4/c1-3-20(22(30)26-4-2)28(15-16-9-11-17(25)12-10-16)21(29)13-14-27-23(31)18-7-5-6-8-19(18)24(27)32/h5-6,9-12,18-20H,3-4,7-8,13-15H2,1-2H3,(H,26,30)/t18-,19+,20?. The lowest BCUT2D eigenvalue weighted by molar-refractivity contribution is -0.144. The first-order valence-electron chi connectivity index (χ1n) is 11.2. The van der Waals surface area contributed by atoms with E-state index in [0.29, 0.717) is 31.4 Å². The van der Waals surface area contributed by atoms with E-state index in [0.717, 1.165) is 0 Å². The molecule has 1 fully saturated rings. The number of halogens is 1. The topological polar surface area (TPSA) is 86.8 Å². The van der Waals surface area contributed by atoms with E-state index in [2.05, 4.69) is 5.32 Å². The number of carbonyl (C=O) groups is 4. The molecule has 172 valence electrons. The molecule has 1 aliphatic heterocycles. The van der Waals surface area contributed by atoms with Crippen molar-refractivity contribution in [1.29, 1.82) is 0 Å². The van der Waals surface area contributed by atoms with Crippen LogP contribution in [-0.4, -0.2) is 52.6 Å². The average Bonchev–Trinajstić information content (AvgIpc) is 3.03. The number of likely N-dealkylation sites (N-methyl/N-ethyl adjacent to an activating group) is 1. The molecule has 32 heavy (non-hydrogen) atoms. The number of fused-ring (bicyclic) bond motifs is 1. The van der Waals surface area contributed by atoms with Crippen molar-refractivity contribution in [2.75, 3.05) is 13.1 Å². The fraction of sp³-hybridized carbons (Fsp3) is 0.500. The Morgan fingerprint density at radius 3 is 2.22 bits per heavy atom. The van der Waals surface area contributed by atoms with Crippen molar-refractivity contribution in [3.63, 3.8) is 0 Å². The number of imide groups is 1. The molecule has 2 aliphatic rings. The van der Waals surface area contributed by atoms with Gasteiger partial charge in [0.2, 0.25) is 23.6 Å². The highest BCUT2D eigenvalue weighted by atomic mass is 19.1. The Morgan fingerprint density at radius 2 is 1.69 bits per heavy atom. The predicted molar refractivity (Wildman–Crippen MR) is 116 cm³/mol. The third-order valence-electron chi connectivity index (χ3n) is 6.15. The molecule has 1 aliphatic carbocycles. The first-order valence-corrected chi connectivity index (χ1v) is 11.2. The fourth-order valence-electron chi connectivity index (χ4n) is 4.44. The third-order valence-corrected chi connectivity index (χ3v) is 6.15. The van der Waals surface area contributed by atoms with Crippen molar-refractivity contribution in [2.24, 2.45) is 11.8 Å². The van der Waals surface area contributed by atoms with Crippen molar-refractivity contribution in [3.05, 3.63) is 47.8 Å². The summed E-state index contributed by atoms with van der Waals surface area (Å²) in [6.07, 6.45) is 5.27. The second-order valence-electron chi connectivity index (χ2n) is 8.20. The van der Waals surface area contributed by atoms with Gasteiger partial charge in [0.05, 0.1) is 11.8 Å². The maximum absolute atomic E-state index is 13.3. The van der Waals surface area contributed by atoms with Crippen LogP contribution in [0.2, 0.25) is 0 Å². The Kier molecular flexibility index (Phi) is 7.77. The van der Waals surface area contributed by atoms with Crippen LogP contribution in [0.1, 0.15) is 45.1 Å². The molecule has 1 N–H and O–H groups in total. The first kappa shape index (κ1) is 23.6. The van der Waals surface area contributed by atoms with E-state index in [4.69, 9.17) is 0 Å². The molecule has 8 heteroatoms. The van der Waals surface area contributed by atoms with Crippen LogP contribution in [-0.2, 0) is 25.7 Å². The smallest absolute Gasteiger partial charge is 0.242 e. The summed E-state index contributed by atoms with van der Waals surface area (Å²) >= 11 is 0. The highest BCUT2D eigenvalue weighted by Gasteiger charge is 2.47. The summed E-state index contributed by atoms with van der Waals surface area (Å²) in [7, 11) is 0. The molecule has 0 aromatic heterocycles. The van der Waals surface area contributed by atoms with Crippen LogP contribution < -0.4 is 5.32 Å². The van der Waals surface area contributed by atoms with Gasteiger partial charge in [0, 0.05) is 26.1 Å². The van der Waals surface area contributed by atoms with Gasteiger partial charge in [-0.25, -0.2) is 4.39 Å². The fourth-order valence-corrected chi connectivity index (χ4v) is 4.44. The second-order valence-corrected chi connectivity index (χ2v) is 8.20. The Hall–Kier alpha value is -3.03. The summed E-state index contributed by atoms with van der Waals surface area (Å²) in [6.45, 7) is 4.17. The Morgan fingerprint density at radius 1 is 1.09 bits per heavy atom. The van der Waals surface area contributed by atoms with Crippen molar-refractivity contribution < 1.29 is 23.6 Å². The van der Waals surface area contributed by atoms with Gasteiger partial charge >= 0.3 is 0 Å². The van der Waals surface area contributed by atoms with Gasteiger partial charge in [0.25, 0.3) is 0 Å². The Bertz CT molecular complexity index is 873. The molecular formula is C24H30FN3O4. The number of hydrogen-bond acceptors (Lipinski definition) is 4. The van der Waals surface area contributed by atoms with Crippen molar-refractivity contribution in [2.45, 2.75) is 52.1 Å². The Labute approximate surface area is 187 Å². The zero-order valence-corrected chi connectivity index (χ0v) is 18.6. The number of carbonyl (C=O) groups excluding carboxylic acids is 4. The molecule has 0 radical (unpaired) electrons. The lowest BCUT2D eigenvalue weighted by atomic mass is 9.85. The van der Waals surface area contributed by atoms with E-state index in [9.17, 15) is 23.6 Å². The van der Waals surface area contributed by atoms with Gasteiger partial charge < -0.3 is 10.2 Å². The lowest BCUT2D eigenvalue weighted by Crippen LogP contribution is -2.49. The molecule has 1 unspecified atom stereocenters. The van der Waals surface area contributed by atoms with Crippen LogP contribution >= 0.6 is 0 Å². The van der Waals surface area contributed by atoms with Gasteiger partial charge in [0.1, 0.15) is 11.9 Å². The quantitative estimate of drug-likeness (QED) is 0.469. The SMILES string of the molecule is CCNC(=O)C(CC)N(Cc1ccc(F)cc1)C(=O)CCN1C(=O)[C@H]2CC=CC[C@H]2C1=O. The number of nitrogens with one attached hydrogen (secondary N) is 1. The van der Waals surface area contributed by atoms with E-state index in [1.54, 1.807) is 19.1 Å². The van der Waals surface area contributed by atoms with Gasteiger partial charge in [-0.05, 0) is 43.9 Å². The zero-order chi connectivity index (χ0) is 23.3. The molecule has 1 heterocycles. The van der Waals surface area contributed by atoms with Gasteiger partial charge in [0.15, 0.2) is 0 Å². The number of allylic oxidation sites excluding steroid dienone is 2. The molecule has 0 spiro atoms. The molecular weight excluding hydrogens is 413 g/mol. The highest BCUT2D eigenvalue weighted by Crippen LogP contribution is 2.35. The van der Waals surface area contributed by atoms with Crippen LogP contribution in [0.5, 0.6) is 0 Å². The minimum Gasteiger partial charge on any atom is -0.355 e. The van der Waals surface area contributed by atoms with E-state index in [1.807, 2.05) is 19.1 Å². The molecule has 1 aromatic rings. The number of hydrogen-bond donors (Lipinski definition) is 1. The number of rotatable bonds is 9. The summed E-state index contributed by atoms with van der Waals surface area (Å²) in [5.74, 6) is -2.11. The van der Waals surface area contributed by atoms with Crippen LogP contribution in [0.15, 0.2) is 36.4 Å². The maximum atomic E-state index is 13.3. The highest BCUT2D eigenvalue weighted by molar-refractivity contribution is 6.05. The van der Waals surface area contributed by atoms with Gasteiger partial charge in [-0.3, -0.25) is 24.1 Å². The number of likely N-dealkylation sites (tertiary alicyclic amines) is 1. The molecule has 3 rings (SSSR count). The van der Waals surface area contributed by atoms with Crippen LogP contribution in [0.4, 0.5) is 4.39 Å².